The summed E-state index contributed by atoms with van der Waals surface area (Å²) in [4.78, 5) is 26.2. The maximum Gasteiger partial charge on any atom is 0.326 e. The van der Waals surface area contributed by atoms with E-state index in [0.717, 1.165) is 31.2 Å². The van der Waals surface area contributed by atoms with E-state index in [-0.39, 0.29) is 11.9 Å². The summed E-state index contributed by atoms with van der Waals surface area (Å²) in [5.41, 5.74) is 0.974. The third-order valence-corrected chi connectivity index (χ3v) is 5.74. The van der Waals surface area contributed by atoms with E-state index in [1.807, 2.05) is 18.2 Å². The highest BCUT2D eigenvalue weighted by molar-refractivity contribution is 5.85. The van der Waals surface area contributed by atoms with Gasteiger partial charge in [0.25, 0.3) is 0 Å². The molecule has 2 aliphatic rings. The molecule has 1 heterocycles. The van der Waals surface area contributed by atoms with Crippen LogP contribution in [-0.2, 0) is 16.0 Å². The fourth-order valence-electron chi connectivity index (χ4n) is 4.46. The van der Waals surface area contributed by atoms with Gasteiger partial charge in [-0.05, 0) is 49.3 Å². The molecule has 6 nitrogen and oxygen atoms in total. The molecule has 3 atom stereocenters. The van der Waals surface area contributed by atoms with Crippen LogP contribution in [0.4, 0.5) is 0 Å². The van der Waals surface area contributed by atoms with Crippen molar-refractivity contribution in [3.63, 3.8) is 0 Å². The molecule has 1 saturated heterocycles. The number of likely N-dealkylation sites (tertiary alicyclic amines) is 1. The summed E-state index contributed by atoms with van der Waals surface area (Å²) in [6.07, 6.45) is 5.64. The quantitative estimate of drug-likeness (QED) is 0.843. The van der Waals surface area contributed by atoms with Gasteiger partial charge in [0.15, 0.2) is 11.5 Å². The SMILES string of the molecule is COc1ccc(CCC(=O)N2[C@H](C(=O)O)C[C@@H]3CCCC[C@@H]32)cc1OC. The van der Waals surface area contributed by atoms with E-state index >= 15 is 0 Å². The predicted molar refractivity (Wildman–Crippen MR) is 96.5 cm³/mol. The number of aliphatic carboxylic acids is 1. The average molecular weight is 361 g/mol. The highest BCUT2D eigenvalue weighted by atomic mass is 16.5. The molecule has 1 aliphatic carbocycles. The van der Waals surface area contributed by atoms with Crippen LogP contribution >= 0.6 is 0 Å². The summed E-state index contributed by atoms with van der Waals surface area (Å²) < 4.78 is 10.5. The average Bonchev–Trinajstić information content (AvgIpc) is 3.05. The predicted octanol–water partition coefficient (Wildman–Crippen LogP) is 2.88. The molecule has 1 aliphatic heterocycles. The van der Waals surface area contributed by atoms with Crippen molar-refractivity contribution >= 4 is 11.9 Å². The number of carboxylic acids is 1. The van der Waals surface area contributed by atoms with E-state index in [4.69, 9.17) is 9.47 Å². The molecule has 0 unspecified atom stereocenters. The summed E-state index contributed by atoms with van der Waals surface area (Å²) in [6.45, 7) is 0. The molecule has 1 amide bonds. The highest BCUT2D eigenvalue weighted by Gasteiger charge is 2.47. The monoisotopic (exact) mass is 361 g/mol. The fraction of sp³-hybridized carbons (Fsp3) is 0.600. The van der Waals surface area contributed by atoms with E-state index < -0.39 is 12.0 Å². The molecule has 142 valence electrons. The summed E-state index contributed by atoms with van der Waals surface area (Å²) in [7, 11) is 3.17. The van der Waals surface area contributed by atoms with Crippen LogP contribution < -0.4 is 9.47 Å². The number of rotatable bonds is 6. The Bertz CT molecular complexity index is 674. The lowest BCUT2D eigenvalue weighted by atomic mass is 9.84. The van der Waals surface area contributed by atoms with Crippen LogP contribution in [0.25, 0.3) is 0 Å². The van der Waals surface area contributed by atoms with Gasteiger partial charge in [0.2, 0.25) is 5.91 Å². The topological polar surface area (TPSA) is 76.1 Å². The Morgan fingerprint density at radius 3 is 2.58 bits per heavy atom. The van der Waals surface area contributed by atoms with E-state index in [2.05, 4.69) is 0 Å². The normalized spacial score (nSPS) is 24.8. The standard InChI is InChI=1S/C20H27NO5/c1-25-17-9-7-13(11-18(17)26-2)8-10-19(22)21-15-6-4-3-5-14(15)12-16(21)20(23)24/h7,9,11,14-16H,3-6,8,10,12H2,1-2H3,(H,23,24)/t14-,15-,16-/m0/s1. The Kier molecular flexibility index (Phi) is 5.69. The van der Waals surface area contributed by atoms with Crippen molar-refractivity contribution < 1.29 is 24.2 Å². The minimum absolute atomic E-state index is 0.0541. The molecular formula is C20H27NO5. The molecule has 1 saturated carbocycles. The smallest absolute Gasteiger partial charge is 0.326 e. The summed E-state index contributed by atoms with van der Waals surface area (Å²) in [6, 6.07) is 5.04. The molecule has 0 aromatic heterocycles. The Morgan fingerprint density at radius 1 is 1.15 bits per heavy atom. The first-order chi connectivity index (χ1) is 12.5. The van der Waals surface area contributed by atoms with Gasteiger partial charge in [-0.15, -0.1) is 0 Å². The molecule has 2 fully saturated rings. The molecular weight excluding hydrogens is 334 g/mol. The van der Waals surface area contributed by atoms with Crippen LogP contribution in [0.3, 0.4) is 0 Å². The van der Waals surface area contributed by atoms with E-state index in [9.17, 15) is 14.7 Å². The maximum absolute atomic E-state index is 12.9. The van der Waals surface area contributed by atoms with Gasteiger partial charge in [0.05, 0.1) is 14.2 Å². The van der Waals surface area contributed by atoms with Crippen LogP contribution in [-0.4, -0.2) is 48.2 Å². The second kappa shape index (κ2) is 7.98. The number of carbonyl (C=O) groups is 2. The molecule has 1 N–H and O–H groups in total. The van der Waals surface area contributed by atoms with E-state index in [1.54, 1.807) is 19.1 Å². The van der Waals surface area contributed by atoms with Gasteiger partial charge in [-0.3, -0.25) is 4.79 Å². The van der Waals surface area contributed by atoms with Gasteiger partial charge in [-0.2, -0.15) is 0 Å². The van der Waals surface area contributed by atoms with E-state index in [1.165, 1.54) is 0 Å². The summed E-state index contributed by atoms with van der Waals surface area (Å²) in [5.74, 6) is 0.697. The van der Waals surface area contributed by atoms with Gasteiger partial charge >= 0.3 is 5.97 Å². The number of nitrogens with zero attached hydrogens (tertiary/aromatic N) is 1. The molecule has 3 rings (SSSR count). The van der Waals surface area contributed by atoms with Crippen LogP contribution in [0.1, 0.15) is 44.1 Å². The van der Waals surface area contributed by atoms with Crippen LogP contribution in [0.15, 0.2) is 18.2 Å². The molecule has 1 aromatic rings. The number of methoxy groups -OCH3 is 2. The Morgan fingerprint density at radius 2 is 1.88 bits per heavy atom. The maximum atomic E-state index is 12.9. The Hall–Kier alpha value is -2.24. The lowest BCUT2D eigenvalue weighted by molar-refractivity contribution is -0.149. The number of carbonyl (C=O) groups excluding carboxylic acids is 1. The van der Waals surface area contributed by atoms with Gasteiger partial charge < -0.3 is 19.5 Å². The molecule has 26 heavy (non-hydrogen) atoms. The van der Waals surface area contributed by atoms with Crippen molar-refractivity contribution in [2.75, 3.05) is 14.2 Å². The number of hydrogen-bond donors (Lipinski definition) is 1. The van der Waals surface area contributed by atoms with Crippen LogP contribution in [0, 0.1) is 5.92 Å². The Balaban J connectivity index is 1.69. The van der Waals surface area contributed by atoms with Crippen LogP contribution in [0.2, 0.25) is 0 Å². The summed E-state index contributed by atoms with van der Waals surface area (Å²) >= 11 is 0. The van der Waals surface area contributed by atoms with Crippen molar-refractivity contribution in [3.8, 4) is 11.5 Å². The van der Waals surface area contributed by atoms with Crippen molar-refractivity contribution in [2.45, 2.75) is 57.0 Å². The van der Waals surface area contributed by atoms with E-state index in [0.29, 0.717) is 36.7 Å². The molecule has 6 heteroatoms. The highest BCUT2D eigenvalue weighted by Crippen LogP contribution is 2.40. The molecule has 0 spiro atoms. The van der Waals surface area contributed by atoms with Crippen LogP contribution in [0.5, 0.6) is 11.5 Å². The lowest BCUT2D eigenvalue weighted by Gasteiger charge is -2.33. The van der Waals surface area contributed by atoms with Crippen molar-refractivity contribution in [1.29, 1.82) is 0 Å². The van der Waals surface area contributed by atoms with Gasteiger partial charge in [-0.25, -0.2) is 4.79 Å². The second-order valence-corrected chi connectivity index (χ2v) is 7.19. The van der Waals surface area contributed by atoms with Gasteiger partial charge in [0, 0.05) is 12.5 Å². The zero-order valence-corrected chi connectivity index (χ0v) is 15.4. The van der Waals surface area contributed by atoms with Gasteiger partial charge in [0.1, 0.15) is 6.04 Å². The number of fused-ring (bicyclic) bond motifs is 1. The minimum Gasteiger partial charge on any atom is -0.493 e. The number of aryl methyl sites for hydroxylation is 1. The summed E-state index contributed by atoms with van der Waals surface area (Å²) in [5, 5.41) is 9.57. The molecule has 0 radical (unpaired) electrons. The first-order valence-electron chi connectivity index (χ1n) is 9.30. The minimum atomic E-state index is -0.876. The zero-order valence-electron chi connectivity index (χ0n) is 15.4. The molecule has 0 bridgehead atoms. The largest absolute Gasteiger partial charge is 0.493 e. The Labute approximate surface area is 154 Å². The van der Waals surface area contributed by atoms with Crippen molar-refractivity contribution in [3.05, 3.63) is 23.8 Å². The third-order valence-electron chi connectivity index (χ3n) is 5.74. The van der Waals surface area contributed by atoms with Crippen molar-refractivity contribution in [1.82, 2.24) is 4.90 Å². The second-order valence-electron chi connectivity index (χ2n) is 7.19. The molecule has 1 aromatic carbocycles. The third kappa shape index (κ3) is 3.64. The number of amides is 1. The number of ether oxygens (including phenoxy) is 2. The first kappa shape index (κ1) is 18.5. The lowest BCUT2D eigenvalue weighted by Crippen LogP contribution is -2.46. The van der Waals surface area contributed by atoms with Crippen molar-refractivity contribution in [2.24, 2.45) is 5.92 Å². The fourth-order valence-corrected chi connectivity index (χ4v) is 4.46. The number of benzene rings is 1. The zero-order chi connectivity index (χ0) is 18.7. The number of carboxylic acid groups (broad SMARTS) is 1. The number of hydrogen-bond acceptors (Lipinski definition) is 4. The first-order valence-corrected chi connectivity index (χ1v) is 9.30. The van der Waals surface area contributed by atoms with Gasteiger partial charge in [-0.1, -0.05) is 18.9 Å².